The van der Waals surface area contributed by atoms with Crippen molar-refractivity contribution in [2.24, 2.45) is 0 Å². The van der Waals surface area contributed by atoms with Gasteiger partial charge in [0.15, 0.2) is 11.6 Å². The third-order valence-electron chi connectivity index (χ3n) is 24.1. The van der Waals surface area contributed by atoms with Crippen LogP contribution in [0.25, 0.3) is 142 Å². The number of fused-ring (bicyclic) bond motifs is 22. The second-order valence-electron chi connectivity index (χ2n) is 30.5. The molecule has 0 N–H and O–H groups in total. The largest absolute Gasteiger partial charge is 0.310 e. The zero-order chi connectivity index (χ0) is 77.6. The van der Waals surface area contributed by atoms with Gasteiger partial charge in [-0.05, 0) is 243 Å². The first-order valence-corrected chi connectivity index (χ1v) is 43.1. The second-order valence-corrected chi connectivity index (χ2v) is 34.1. The Bertz CT molecular complexity index is 7270. The van der Waals surface area contributed by atoms with E-state index in [1.807, 2.05) is 112 Å². The topological polar surface area (TPSA) is 83.8 Å². The fraction of sp³-hybridized carbons (Fsp3) is 0.0189. The minimum atomic E-state index is -0.466. The van der Waals surface area contributed by atoms with E-state index in [4.69, 9.17) is 19.9 Å². The number of aromatic nitrogens is 6. The number of anilines is 6. The number of hydrogen-bond acceptors (Lipinski definition) is 12. The van der Waals surface area contributed by atoms with E-state index in [-0.39, 0.29) is 0 Å². The predicted octanol–water partition coefficient (Wildman–Crippen LogP) is 28.6. The van der Waals surface area contributed by atoms with Gasteiger partial charge < -0.3 is 9.80 Å². The molecule has 0 unspecified atom stereocenters. The minimum Gasteiger partial charge on any atom is -0.310 e. The smallest absolute Gasteiger partial charge is 0.179 e. The number of rotatable bonds is 9. The zero-order valence-corrected chi connectivity index (χ0v) is 66.4. The Balaban J connectivity index is 0.000000135. The second kappa shape index (κ2) is 27.2. The summed E-state index contributed by atoms with van der Waals surface area (Å²) in [5.41, 5.74) is 27.9. The Labute approximate surface area is 696 Å². The number of hydrogen-bond donors (Lipinski definition) is 0. The molecule has 2 spiro atoms. The van der Waals surface area contributed by atoms with E-state index in [1.54, 1.807) is 6.20 Å². The Hall–Kier alpha value is -14.2. The Morgan fingerprint density at radius 3 is 0.915 bits per heavy atom. The van der Waals surface area contributed by atoms with E-state index in [2.05, 4.69) is 332 Å². The summed E-state index contributed by atoms with van der Waals surface area (Å²) in [6, 6.07) is 127. The number of benzene rings is 13. The highest BCUT2D eigenvalue weighted by molar-refractivity contribution is 7.21. The van der Waals surface area contributed by atoms with Gasteiger partial charge in [0.1, 0.15) is 5.69 Å². The van der Waals surface area contributed by atoms with Crippen LogP contribution < -0.4 is 9.80 Å². The molecule has 4 aliphatic rings. The van der Waals surface area contributed by atoms with E-state index in [0.717, 1.165) is 78.9 Å². The summed E-state index contributed by atoms with van der Waals surface area (Å²) in [4.78, 5) is 40.2. The van der Waals surface area contributed by atoms with Crippen molar-refractivity contribution in [3.63, 3.8) is 0 Å². The van der Waals surface area contributed by atoms with Gasteiger partial charge in [-0.2, -0.15) is 0 Å². The predicted molar refractivity (Wildman–Crippen MR) is 490 cm³/mol. The van der Waals surface area contributed by atoms with E-state index in [9.17, 15) is 0 Å². The first-order chi connectivity index (χ1) is 58.4. The number of pyridine rings is 2. The van der Waals surface area contributed by atoms with Gasteiger partial charge in [0.25, 0.3) is 0 Å². The van der Waals surface area contributed by atoms with Gasteiger partial charge in [0.05, 0.1) is 62.0 Å². The molecule has 8 aromatic heterocycles. The van der Waals surface area contributed by atoms with Gasteiger partial charge in [-0.3, -0.25) is 9.97 Å². The van der Waals surface area contributed by atoms with Gasteiger partial charge in [0, 0.05) is 76.7 Å². The lowest BCUT2D eigenvalue weighted by Gasteiger charge is -2.45. The van der Waals surface area contributed by atoms with Crippen LogP contribution in [-0.4, -0.2) is 29.9 Å². The molecule has 0 atom stereocenters. The molecule has 0 saturated carbocycles. The summed E-state index contributed by atoms with van der Waals surface area (Å²) in [6.45, 7) is 0. The Kier molecular flexibility index (Phi) is 15.7. The lowest BCUT2D eigenvalue weighted by atomic mass is 9.64. The lowest BCUT2D eigenvalue weighted by molar-refractivity contribution is 0.759. The van der Waals surface area contributed by atoms with Crippen LogP contribution in [-0.2, 0) is 10.8 Å². The summed E-state index contributed by atoms with van der Waals surface area (Å²) >= 11 is 7.44. The first kappa shape index (κ1) is 68.2. The fourth-order valence-electron chi connectivity index (χ4n) is 18.9. The summed E-state index contributed by atoms with van der Waals surface area (Å²) < 4.78 is 0. The zero-order valence-electron chi connectivity index (χ0n) is 63.2. The van der Waals surface area contributed by atoms with Crippen molar-refractivity contribution < 1.29 is 0 Å². The molecule has 10 heterocycles. The molecule has 12 heteroatoms. The van der Waals surface area contributed by atoms with Crippen LogP contribution in [0.4, 0.5) is 34.1 Å². The van der Waals surface area contributed by atoms with E-state index >= 15 is 0 Å². The fourth-order valence-corrected chi connectivity index (χ4v) is 23.1. The van der Waals surface area contributed by atoms with Crippen molar-refractivity contribution in [2.45, 2.75) is 10.8 Å². The van der Waals surface area contributed by atoms with E-state index in [0.29, 0.717) is 11.6 Å². The van der Waals surface area contributed by atoms with Crippen molar-refractivity contribution >= 4 is 123 Å². The van der Waals surface area contributed by atoms with Crippen molar-refractivity contribution in [2.75, 3.05) is 9.80 Å². The number of thiophene rings is 4. The minimum absolute atomic E-state index is 0.457. The molecule has 21 aromatic rings. The lowest BCUT2D eigenvalue weighted by Crippen LogP contribution is -2.36. The van der Waals surface area contributed by atoms with Crippen LogP contribution in [0.1, 0.15) is 44.5 Å². The van der Waals surface area contributed by atoms with Gasteiger partial charge >= 0.3 is 0 Å². The molecule has 8 nitrogen and oxygen atoms in total. The Morgan fingerprint density at radius 1 is 0.203 bits per heavy atom. The highest BCUT2D eigenvalue weighted by atomic mass is 32.1. The summed E-state index contributed by atoms with van der Waals surface area (Å²) in [5.74, 6) is 1.28. The van der Waals surface area contributed by atoms with E-state index in [1.165, 1.54) is 130 Å². The molecule has 0 saturated heterocycles. The molecule has 2 aliphatic carbocycles. The third kappa shape index (κ3) is 10.6. The molecule has 2 aliphatic heterocycles. The van der Waals surface area contributed by atoms with Crippen LogP contribution in [0.15, 0.2) is 386 Å². The SMILES string of the molecule is c1ccc(-c2cc(-c3ccc(N4c5cc6ccccc6cc5C5(c6cc7ccccc7cc64)c4ccsc4-c4sccc45)cc3)nc(-c3ccc(-c4ccccn4)cc3)n2)cc1.c1ccc(-c2cc(-c3cccc(N4c5cc6ccccc6cc5C5(c6cc7ccccc7cc64)c4ccsc4-c4sccc45)c3)nc(-c3ccccn3)n2)cc1. The van der Waals surface area contributed by atoms with Crippen molar-refractivity contribution in [3.05, 3.63) is 430 Å². The first-order valence-electron chi connectivity index (χ1n) is 39.5. The molecule has 25 rings (SSSR count). The monoisotopic (exact) mass is 1580 g/mol. The molecule has 118 heavy (non-hydrogen) atoms. The van der Waals surface area contributed by atoms with Crippen molar-refractivity contribution in [1.29, 1.82) is 0 Å². The highest BCUT2D eigenvalue weighted by Crippen LogP contribution is 2.69. The average Bonchev–Trinajstić information content (AvgIpc) is 1.50. The number of nitrogens with zero attached hydrogens (tertiary/aromatic N) is 8. The Morgan fingerprint density at radius 2 is 0.517 bits per heavy atom. The van der Waals surface area contributed by atoms with Crippen LogP contribution >= 0.6 is 45.3 Å². The standard InChI is InChI=1S/C56H34N4S2.C50H30N4S2/c1-2-10-35(11-3-1)49-34-50(59-55(58-49)38-19-17-36(18-20-38)48-16-8-9-27-57-48)37-21-23-43(24-22-37)60-51-32-41-14-6-4-12-39(41)30-46(51)56(44-25-28-61-53(44)54-45(56)26-29-62-54)47-31-40-13-5-7-15-42(40)33-52(47)60;1-2-11-31(12-3-1)43-30-44(53-49(52-43)42-19-8-9-22-51-42)36-17-10-18-37(25-36)54-45-28-34-15-6-4-13-32(34)26-40(45)50(38-20-23-55-47(38)48-39(50)21-24-56-48)41-27-33-14-5-7-16-35(33)29-46(41)54/h1-34H;1-30H. The van der Waals surface area contributed by atoms with Crippen LogP contribution in [0.3, 0.4) is 0 Å². The van der Waals surface area contributed by atoms with Gasteiger partial charge in [-0.25, -0.2) is 19.9 Å². The molecule has 0 bridgehead atoms. The van der Waals surface area contributed by atoms with Gasteiger partial charge in [-0.15, -0.1) is 45.3 Å². The molecular formula is C106H64N8S4. The molecule has 552 valence electrons. The molecule has 0 fully saturated rings. The molecule has 13 aromatic carbocycles. The summed E-state index contributed by atoms with van der Waals surface area (Å²) in [6.07, 6.45) is 3.62. The van der Waals surface area contributed by atoms with Crippen molar-refractivity contribution in [3.8, 4) is 98.7 Å². The molecule has 0 amide bonds. The van der Waals surface area contributed by atoms with E-state index < -0.39 is 10.8 Å². The maximum Gasteiger partial charge on any atom is 0.179 e. The maximum absolute atomic E-state index is 5.23. The quantitative estimate of drug-likeness (QED) is 0.141. The highest BCUT2D eigenvalue weighted by Gasteiger charge is 2.55. The normalized spacial score (nSPS) is 13.4. The maximum atomic E-state index is 5.23. The summed E-state index contributed by atoms with van der Waals surface area (Å²) in [7, 11) is 0. The van der Waals surface area contributed by atoms with Crippen LogP contribution in [0.2, 0.25) is 0 Å². The average molecular weight is 1580 g/mol. The third-order valence-corrected chi connectivity index (χ3v) is 28.1. The molecular weight excluding hydrogens is 1510 g/mol. The molecule has 0 radical (unpaired) electrons. The van der Waals surface area contributed by atoms with Crippen LogP contribution in [0.5, 0.6) is 0 Å². The van der Waals surface area contributed by atoms with Crippen molar-refractivity contribution in [1.82, 2.24) is 29.9 Å². The van der Waals surface area contributed by atoms with Crippen LogP contribution in [0, 0.1) is 0 Å². The van der Waals surface area contributed by atoms with Gasteiger partial charge in [0.2, 0.25) is 0 Å². The van der Waals surface area contributed by atoms with Gasteiger partial charge in [-0.1, -0.05) is 218 Å². The summed E-state index contributed by atoms with van der Waals surface area (Å²) in [5, 5.41) is 18.9.